The third kappa shape index (κ3) is 4.17. The molecule has 180 valence electrons. The number of carbonyl (C=O) groups excluding carboxylic acids is 2. The Labute approximate surface area is 202 Å². The van der Waals surface area contributed by atoms with Crippen molar-refractivity contribution in [2.24, 2.45) is 5.73 Å². The number of nitrogens with zero attached hydrogens (tertiary/aromatic N) is 1. The second-order valence-electron chi connectivity index (χ2n) is 7.46. The van der Waals surface area contributed by atoms with Gasteiger partial charge in [0.1, 0.15) is 22.1 Å². The number of aromatic nitrogens is 1. The highest BCUT2D eigenvalue weighted by Gasteiger charge is 2.40. The molecule has 0 radical (unpaired) electrons. The van der Waals surface area contributed by atoms with E-state index in [1.54, 1.807) is 19.1 Å². The molecule has 2 N–H and O–H groups in total. The molecule has 1 aromatic heterocycles. The van der Waals surface area contributed by atoms with Gasteiger partial charge in [-0.25, -0.2) is 18.4 Å². The third-order valence-corrected chi connectivity index (χ3v) is 6.57. The quantitative estimate of drug-likeness (QED) is 0.539. The van der Waals surface area contributed by atoms with Crippen molar-refractivity contribution in [1.82, 2.24) is 4.57 Å². The first-order chi connectivity index (χ1) is 16.8. The van der Waals surface area contributed by atoms with Crippen LogP contribution in [0.2, 0.25) is 0 Å². The fourth-order valence-corrected chi connectivity index (χ4v) is 5.07. The first kappa shape index (κ1) is 24.1. The molecule has 7 nitrogen and oxygen atoms in total. The monoisotopic (exact) mass is 498 g/mol. The van der Waals surface area contributed by atoms with Gasteiger partial charge < -0.3 is 15.2 Å². The van der Waals surface area contributed by atoms with Gasteiger partial charge in [0.15, 0.2) is 0 Å². The Kier molecular flexibility index (Phi) is 6.65. The van der Waals surface area contributed by atoms with Gasteiger partial charge in [0.2, 0.25) is 0 Å². The molecule has 1 atom stereocenters. The van der Waals surface area contributed by atoms with Gasteiger partial charge in [-0.15, -0.1) is 11.3 Å². The number of hydrogen-bond acceptors (Lipinski definition) is 7. The van der Waals surface area contributed by atoms with Gasteiger partial charge in [-0.2, -0.15) is 0 Å². The van der Waals surface area contributed by atoms with Crippen LogP contribution in [0, 0.1) is 11.6 Å². The molecule has 0 aliphatic carbocycles. The molecule has 0 amide bonds. The highest BCUT2D eigenvalue weighted by molar-refractivity contribution is 7.07. The Morgan fingerprint density at radius 3 is 2.34 bits per heavy atom. The maximum absolute atomic E-state index is 15.0. The lowest BCUT2D eigenvalue weighted by atomic mass is 9.83. The summed E-state index contributed by atoms with van der Waals surface area (Å²) in [6.45, 7) is 1.58. The maximum Gasteiger partial charge on any atom is 0.338 e. The van der Waals surface area contributed by atoms with Gasteiger partial charge in [-0.1, -0.05) is 36.4 Å². The Morgan fingerprint density at radius 2 is 1.71 bits per heavy atom. The van der Waals surface area contributed by atoms with Gasteiger partial charge in [0, 0.05) is 11.1 Å². The van der Waals surface area contributed by atoms with E-state index in [2.05, 4.69) is 0 Å². The van der Waals surface area contributed by atoms with Crippen molar-refractivity contribution >= 4 is 40.7 Å². The second kappa shape index (κ2) is 9.67. The van der Waals surface area contributed by atoms with E-state index in [4.69, 9.17) is 15.2 Å². The highest BCUT2D eigenvalue weighted by atomic mass is 32.1. The molecule has 35 heavy (non-hydrogen) atoms. The number of fused-ring (bicyclic) bond motifs is 1. The normalized spacial score (nSPS) is 15.7. The molecule has 0 fully saturated rings. The first-order valence-corrected chi connectivity index (χ1v) is 11.3. The van der Waals surface area contributed by atoms with Crippen molar-refractivity contribution < 1.29 is 27.8 Å². The second-order valence-corrected chi connectivity index (χ2v) is 8.49. The summed E-state index contributed by atoms with van der Waals surface area (Å²) in [7, 11) is 1.11. The van der Waals surface area contributed by atoms with Crippen LogP contribution in [-0.4, -0.2) is 30.2 Å². The molecule has 0 spiro atoms. The number of benzene rings is 2. The van der Waals surface area contributed by atoms with Crippen molar-refractivity contribution in [2.75, 3.05) is 13.7 Å². The Balaban J connectivity index is 2.16. The van der Waals surface area contributed by atoms with Crippen LogP contribution in [-0.2, 0) is 19.1 Å². The van der Waals surface area contributed by atoms with Gasteiger partial charge in [0.05, 0.1) is 35.3 Å². The van der Waals surface area contributed by atoms with Crippen LogP contribution in [0.1, 0.15) is 24.0 Å². The minimum Gasteiger partial charge on any atom is -0.466 e. The van der Waals surface area contributed by atoms with Gasteiger partial charge >= 0.3 is 11.9 Å². The number of halogens is 2. The Hall–Kier alpha value is -4.05. The van der Waals surface area contributed by atoms with Crippen molar-refractivity contribution in [1.29, 1.82) is 0 Å². The molecule has 3 aromatic rings. The standard InChI is InChI=1S/C25H20F2N2O5S/c1-3-34-25(32)20-18(14-9-5-7-11-16(14)27)19(24(31)33-2)21(28)29-22(30)17(35-23(20)29)12-13-8-4-6-10-15(13)26/h4-12,18H,3,28H2,1-2H3/b17-12+/t18-/m1/s1. The van der Waals surface area contributed by atoms with E-state index in [1.807, 2.05) is 0 Å². The van der Waals surface area contributed by atoms with E-state index in [1.165, 1.54) is 42.5 Å². The number of thiazole rings is 1. The lowest BCUT2D eigenvalue weighted by Gasteiger charge is -2.27. The minimum atomic E-state index is -1.30. The molecule has 2 aromatic carbocycles. The fraction of sp³-hybridized carbons (Fsp3) is 0.160. The van der Waals surface area contributed by atoms with E-state index in [9.17, 15) is 23.2 Å². The van der Waals surface area contributed by atoms with Crippen molar-refractivity contribution in [3.63, 3.8) is 0 Å². The van der Waals surface area contributed by atoms with Crippen LogP contribution in [0.5, 0.6) is 0 Å². The van der Waals surface area contributed by atoms with Crippen LogP contribution >= 0.6 is 11.3 Å². The number of rotatable bonds is 5. The number of esters is 2. The third-order valence-electron chi connectivity index (χ3n) is 5.46. The van der Waals surface area contributed by atoms with E-state index < -0.39 is 35.1 Å². The number of ether oxygens (including phenoxy) is 2. The number of hydrogen-bond donors (Lipinski definition) is 1. The van der Waals surface area contributed by atoms with E-state index >= 15 is 0 Å². The average molecular weight is 499 g/mol. The summed E-state index contributed by atoms with van der Waals surface area (Å²) in [5.41, 5.74) is 5.29. The van der Waals surface area contributed by atoms with Crippen molar-refractivity contribution in [3.05, 3.63) is 96.4 Å². The summed E-state index contributed by atoms with van der Waals surface area (Å²) in [4.78, 5) is 39.4. The molecule has 2 heterocycles. The molecule has 0 saturated heterocycles. The molecule has 0 unspecified atom stereocenters. The van der Waals surface area contributed by atoms with Crippen LogP contribution in [0.25, 0.3) is 17.5 Å². The lowest BCUT2D eigenvalue weighted by molar-refractivity contribution is -0.136. The highest BCUT2D eigenvalue weighted by Crippen LogP contribution is 2.38. The van der Waals surface area contributed by atoms with Gasteiger partial charge in [-0.05, 0) is 25.1 Å². The SMILES string of the molecule is CCOC(=O)C1=c2s/c(=C/c3ccccc3F)c(=O)n2C(N)=C(C(=O)OC)[C@H]1c1ccccc1F. The van der Waals surface area contributed by atoms with Crippen molar-refractivity contribution in [2.45, 2.75) is 12.8 Å². The van der Waals surface area contributed by atoms with Crippen LogP contribution in [0.4, 0.5) is 8.78 Å². The zero-order chi connectivity index (χ0) is 25.3. The van der Waals surface area contributed by atoms with Gasteiger partial charge in [0.25, 0.3) is 5.56 Å². The fourth-order valence-electron chi connectivity index (χ4n) is 3.92. The first-order valence-electron chi connectivity index (χ1n) is 10.5. The van der Waals surface area contributed by atoms with Crippen LogP contribution in [0.15, 0.2) is 58.9 Å². The molecule has 4 rings (SSSR count). The number of nitrogens with two attached hydrogens (primary N) is 1. The summed E-state index contributed by atoms with van der Waals surface area (Å²) in [5.74, 6) is -4.67. The Morgan fingerprint density at radius 1 is 1.06 bits per heavy atom. The molecule has 0 saturated carbocycles. The molecule has 0 bridgehead atoms. The Bertz CT molecular complexity index is 1550. The molecular formula is C25H20F2N2O5S. The number of carbonyl (C=O) groups is 2. The summed E-state index contributed by atoms with van der Waals surface area (Å²) in [5, 5.41) is 0. The topological polar surface area (TPSA) is 101 Å². The average Bonchev–Trinajstić information content (AvgIpc) is 3.16. The largest absolute Gasteiger partial charge is 0.466 e. The summed E-state index contributed by atoms with van der Waals surface area (Å²) in [6.07, 6.45) is 1.32. The smallest absolute Gasteiger partial charge is 0.338 e. The molecular weight excluding hydrogens is 478 g/mol. The number of methoxy groups -OCH3 is 1. The summed E-state index contributed by atoms with van der Waals surface area (Å²) >= 11 is 0.859. The summed E-state index contributed by atoms with van der Waals surface area (Å²) < 4.78 is 40.4. The predicted octanol–water partition coefficient (Wildman–Crippen LogP) is 1.83. The van der Waals surface area contributed by atoms with Gasteiger partial charge in [-0.3, -0.25) is 9.36 Å². The minimum absolute atomic E-state index is 0.0110. The van der Waals surface area contributed by atoms with Crippen LogP contribution < -0.4 is 20.5 Å². The zero-order valence-electron chi connectivity index (χ0n) is 18.7. The van der Waals surface area contributed by atoms with E-state index in [0.717, 1.165) is 23.0 Å². The van der Waals surface area contributed by atoms with Crippen LogP contribution in [0.3, 0.4) is 0 Å². The van der Waals surface area contributed by atoms with E-state index in [-0.39, 0.29) is 43.9 Å². The lowest BCUT2D eigenvalue weighted by Crippen LogP contribution is -2.42. The predicted molar refractivity (Wildman–Crippen MR) is 126 cm³/mol. The zero-order valence-corrected chi connectivity index (χ0v) is 19.5. The molecule has 1 aliphatic rings. The molecule has 10 heteroatoms. The maximum atomic E-state index is 15.0. The molecule has 1 aliphatic heterocycles. The van der Waals surface area contributed by atoms with E-state index in [0.29, 0.717) is 0 Å². The summed E-state index contributed by atoms with van der Waals surface area (Å²) in [6, 6.07) is 11.4. The van der Waals surface area contributed by atoms with Crippen molar-refractivity contribution in [3.8, 4) is 0 Å².